The van der Waals surface area contributed by atoms with Gasteiger partial charge in [0.25, 0.3) is 0 Å². The molecule has 0 aromatic heterocycles. The minimum atomic E-state index is -3.08. The number of hydrogen-bond acceptors (Lipinski definition) is 4. The minimum absolute atomic E-state index is 0.120. The van der Waals surface area contributed by atoms with E-state index in [2.05, 4.69) is 0 Å². The predicted molar refractivity (Wildman–Crippen MR) is 51.2 cm³/mol. The Morgan fingerprint density at radius 2 is 1.86 bits per heavy atom. The van der Waals surface area contributed by atoms with Gasteiger partial charge in [0.2, 0.25) is 10.0 Å². The normalized spacial score (nSPS) is 20.7. The third kappa shape index (κ3) is 3.26. The highest BCUT2D eigenvalue weighted by molar-refractivity contribution is 7.88. The molecule has 0 unspecified atom stereocenters. The molecule has 82 valence electrons. The van der Waals surface area contributed by atoms with E-state index in [0.29, 0.717) is 25.9 Å². The highest BCUT2D eigenvalue weighted by atomic mass is 32.2. The molecule has 0 atom stereocenters. The summed E-state index contributed by atoms with van der Waals surface area (Å²) in [6, 6.07) is 0. The predicted octanol–water partition coefficient (Wildman–Crippen LogP) is -0.0265. The average molecular weight is 221 g/mol. The zero-order chi connectivity index (χ0) is 10.8. The molecule has 14 heavy (non-hydrogen) atoms. The van der Waals surface area contributed by atoms with Crippen LogP contribution in [0.2, 0.25) is 0 Å². The van der Waals surface area contributed by atoms with Gasteiger partial charge in [-0.3, -0.25) is 4.79 Å². The fourth-order valence-corrected chi connectivity index (χ4v) is 2.39. The Bertz CT molecular complexity index is 303. The van der Waals surface area contributed by atoms with Gasteiger partial charge in [-0.05, 0) is 12.8 Å². The summed E-state index contributed by atoms with van der Waals surface area (Å²) < 4.78 is 28.7. The number of nitrogens with zero attached hydrogens (tertiary/aromatic N) is 1. The van der Waals surface area contributed by atoms with Crippen LogP contribution in [0, 0.1) is 0 Å². The van der Waals surface area contributed by atoms with Crippen molar-refractivity contribution in [2.75, 3.05) is 19.3 Å². The van der Waals surface area contributed by atoms with Crippen LogP contribution in [0.25, 0.3) is 0 Å². The fraction of sp³-hybridized carbons (Fsp3) is 0.875. The molecular formula is C8H15NO4S. The number of rotatable bonds is 2. The largest absolute Gasteiger partial charge is 0.462 e. The number of piperidine rings is 1. The number of sulfonamides is 1. The van der Waals surface area contributed by atoms with Gasteiger partial charge in [-0.1, -0.05) is 0 Å². The highest BCUT2D eigenvalue weighted by Gasteiger charge is 2.26. The summed E-state index contributed by atoms with van der Waals surface area (Å²) in [4.78, 5) is 10.6. The van der Waals surface area contributed by atoms with Crippen LogP contribution < -0.4 is 0 Å². The Labute approximate surface area is 84.1 Å². The summed E-state index contributed by atoms with van der Waals surface area (Å²) in [5.74, 6) is -0.303. The van der Waals surface area contributed by atoms with E-state index in [9.17, 15) is 13.2 Å². The number of ether oxygens (including phenoxy) is 1. The SMILES string of the molecule is CC(=O)OC1CCN(S(C)(=O)=O)CC1. The van der Waals surface area contributed by atoms with Gasteiger partial charge in [-0.2, -0.15) is 0 Å². The quantitative estimate of drug-likeness (QED) is 0.614. The number of carbonyl (C=O) groups is 1. The van der Waals surface area contributed by atoms with Crippen LogP contribution in [0.5, 0.6) is 0 Å². The molecule has 0 radical (unpaired) electrons. The molecule has 1 saturated heterocycles. The molecule has 0 N–H and O–H groups in total. The van der Waals surface area contributed by atoms with Crippen LogP contribution in [-0.2, 0) is 19.6 Å². The molecule has 0 bridgehead atoms. The van der Waals surface area contributed by atoms with Gasteiger partial charge in [-0.15, -0.1) is 0 Å². The van der Waals surface area contributed by atoms with Crippen molar-refractivity contribution in [3.05, 3.63) is 0 Å². The lowest BCUT2D eigenvalue weighted by Crippen LogP contribution is -2.40. The third-order valence-electron chi connectivity index (χ3n) is 2.20. The molecule has 1 fully saturated rings. The summed E-state index contributed by atoms with van der Waals surface area (Å²) >= 11 is 0. The van der Waals surface area contributed by atoms with E-state index in [-0.39, 0.29) is 12.1 Å². The van der Waals surface area contributed by atoms with E-state index >= 15 is 0 Å². The van der Waals surface area contributed by atoms with E-state index in [4.69, 9.17) is 4.74 Å². The van der Waals surface area contributed by atoms with Crippen LogP contribution in [0.15, 0.2) is 0 Å². The number of hydrogen-bond donors (Lipinski definition) is 0. The Balaban J connectivity index is 2.43. The van der Waals surface area contributed by atoms with Crippen molar-refractivity contribution in [2.24, 2.45) is 0 Å². The summed E-state index contributed by atoms with van der Waals surface area (Å²) in [5, 5.41) is 0. The van der Waals surface area contributed by atoms with Crippen LogP contribution in [0.1, 0.15) is 19.8 Å². The van der Waals surface area contributed by atoms with Gasteiger partial charge in [0.1, 0.15) is 6.10 Å². The topological polar surface area (TPSA) is 63.7 Å². The van der Waals surface area contributed by atoms with Gasteiger partial charge in [-0.25, -0.2) is 12.7 Å². The van der Waals surface area contributed by atoms with Crippen molar-refractivity contribution in [1.29, 1.82) is 0 Å². The second-order valence-corrected chi connectivity index (χ2v) is 5.45. The van der Waals surface area contributed by atoms with E-state index in [1.165, 1.54) is 17.5 Å². The summed E-state index contributed by atoms with van der Waals surface area (Å²) in [7, 11) is -3.08. The van der Waals surface area contributed by atoms with Crippen LogP contribution in [0.4, 0.5) is 0 Å². The molecule has 0 aliphatic carbocycles. The lowest BCUT2D eigenvalue weighted by Gasteiger charge is -2.29. The summed E-state index contributed by atoms with van der Waals surface area (Å²) in [6.07, 6.45) is 2.25. The molecule has 0 amide bonds. The molecule has 0 saturated carbocycles. The van der Waals surface area contributed by atoms with Crippen molar-refractivity contribution in [3.63, 3.8) is 0 Å². The van der Waals surface area contributed by atoms with Gasteiger partial charge < -0.3 is 4.74 Å². The average Bonchev–Trinajstić information content (AvgIpc) is 2.02. The maximum atomic E-state index is 11.1. The van der Waals surface area contributed by atoms with Crippen molar-refractivity contribution in [3.8, 4) is 0 Å². The lowest BCUT2D eigenvalue weighted by atomic mass is 10.1. The van der Waals surface area contributed by atoms with Gasteiger partial charge in [0.15, 0.2) is 0 Å². The van der Waals surface area contributed by atoms with E-state index in [1.54, 1.807) is 0 Å². The first-order chi connectivity index (χ1) is 6.39. The van der Waals surface area contributed by atoms with Crippen LogP contribution >= 0.6 is 0 Å². The number of carbonyl (C=O) groups excluding carboxylic acids is 1. The molecular weight excluding hydrogens is 206 g/mol. The van der Waals surface area contributed by atoms with E-state index in [0.717, 1.165) is 0 Å². The fourth-order valence-electron chi connectivity index (χ4n) is 1.52. The monoisotopic (exact) mass is 221 g/mol. The molecule has 1 aliphatic heterocycles. The molecule has 1 rings (SSSR count). The van der Waals surface area contributed by atoms with Gasteiger partial charge in [0.05, 0.1) is 6.26 Å². The molecule has 6 heteroatoms. The standard InChI is InChI=1S/C8H15NO4S/c1-7(10)13-8-3-5-9(6-4-8)14(2,11)12/h8H,3-6H2,1-2H3. The zero-order valence-electron chi connectivity index (χ0n) is 8.39. The first-order valence-corrected chi connectivity index (χ1v) is 6.37. The van der Waals surface area contributed by atoms with E-state index < -0.39 is 10.0 Å². The first-order valence-electron chi connectivity index (χ1n) is 4.52. The molecule has 5 nitrogen and oxygen atoms in total. The van der Waals surface area contributed by atoms with Gasteiger partial charge >= 0.3 is 5.97 Å². The molecule has 0 aromatic carbocycles. The summed E-state index contributed by atoms with van der Waals surface area (Å²) in [5.41, 5.74) is 0. The molecule has 1 aliphatic rings. The Hall–Kier alpha value is -0.620. The van der Waals surface area contributed by atoms with E-state index in [1.807, 2.05) is 0 Å². The highest BCUT2D eigenvalue weighted by Crippen LogP contribution is 2.15. The zero-order valence-corrected chi connectivity index (χ0v) is 9.21. The molecule has 1 heterocycles. The Morgan fingerprint density at radius 1 is 1.36 bits per heavy atom. The Morgan fingerprint density at radius 3 is 2.21 bits per heavy atom. The van der Waals surface area contributed by atoms with Crippen molar-refractivity contribution >= 4 is 16.0 Å². The molecule has 0 aromatic rings. The maximum absolute atomic E-state index is 11.1. The van der Waals surface area contributed by atoms with Gasteiger partial charge in [0, 0.05) is 20.0 Å². The second-order valence-electron chi connectivity index (χ2n) is 3.47. The number of esters is 1. The van der Waals surface area contributed by atoms with Crippen molar-refractivity contribution in [2.45, 2.75) is 25.9 Å². The molecule has 0 spiro atoms. The second kappa shape index (κ2) is 4.27. The minimum Gasteiger partial charge on any atom is -0.462 e. The lowest BCUT2D eigenvalue weighted by molar-refractivity contribution is -0.147. The van der Waals surface area contributed by atoms with Crippen LogP contribution in [0.3, 0.4) is 0 Å². The first kappa shape index (κ1) is 11.5. The maximum Gasteiger partial charge on any atom is 0.302 e. The smallest absolute Gasteiger partial charge is 0.302 e. The summed E-state index contributed by atoms with van der Waals surface area (Å²) in [6.45, 7) is 2.25. The van der Waals surface area contributed by atoms with Crippen molar-refractivity contribution < 1.29 is 17.9 Å². The van der Waals surface area contributed by atoms with Crippen molar-refractivity contribution in [1.82, 2.24) is 4.31 Å². The third-order valence-corrected chi connectivity index (χ3v) is 3.51. The van der Waals surface area contributed by atoms with Crippen LogP contribution in [-0.4, -0.2) is 44.1 Å². The Kier molecular flexibility index (Phi) is 3.49.